The highest BCUT2D eigenvalue weighted by Gasteiger charge is 2.16. The highest BCUT2D eigenvalue weighted by atomic mass is 79.9. The predicted molar refractivity (Wildman–Crippen MR) is 73.4 cm³/mol. The van der Waals surface area contributed by atoms with E-state index in [9.17, 15) is 4.79 Å². The number of hydrogen-bond acceptors (Lipinski definition) is 4. The van der Waals surface area contributed by atoms with E-state index in [-0.39, 0.29) is 5.56 Å². The summed E-state index contributed by atoms with van der Waals surface area (Å²) in [6, 6.07) is 10.9. The molecule has 5 heteroatoms. The fraction of sp³-hybridized carbons (Fsp3) is 0.0714. The lowest BCUT2D eigenvalue weighted by Crippen LogP contribution is -2.05. The minimum absolute atomic E-state index is 0.277. The largest absolute Gasteiger partial charge is 0.465 e. The van der Waals surface area contributed by atoms with Crippen molar-refractivity contribution >= 4 is 21.9 Å². The number of carbonyl (C=O) groups excluding carboxylic acids is 1. The molecule has 19 heavy (non-hydrogen) atoms. The van der Waals surface area contributed by atoms with Gasteiger partial charge in [-0.15, -0.1) is 0 Å². The van der Waals surface area contributed by atoms with Gasteiger partial charge in [0, 0.05) is 16.2 Å². The SMILES string of the molecule is COC(=O)c1cc(C#N)cnc1-c1cccc(Br)c1. The molecule has 0 radical (unpaired) electrons. The quantitative estimate of drug-likeness (QED) is 0.798. The van der Waals surface area contributed by atoms with Crippen molar-refractivity contribution in [3.8, 4) is 17.3 Å². The Bertz CT molecular complexity index is 677. The summed E-state index contributed by atoms with van der Waals surface area (Å²) < 4.78 is 5.61. The van der Waals surface area contributed by atoms with Crippen LogP contribution in [0.3, 0.4) is 0 Å². The van der Waals surface area contributed by atoms with Gasteiger partial charge in [0.05, 0.1) is 23.9 Å². The highest BCUT2D eigenvalue weighted by Crippen LogP contribution is 2.25. The topological polar surface area (TPSA) is 63.0 Å². The Kier molecular flexibility index (Phi) is 3.93. The van der Waals surface area contributed by atoms with Crippen LogP contribution in [0.1, 0.15) is 15.9 Å². The standard InChI is InChI=1S/C14H9BrN2O2/c1-19-14(18)12-5-9(7-16)8-17-13(12)10-3-2-4-11(15)6-10/h2-6,8H,1H3. The monoisotopic (exact) mass is 316 g/mol. The van der Waals surface area contributed by atoms with Crippen molar-refractivity contribution < 1.29 is 9.53 Å². The number of nitriles is 1. The van der Waals surface area contributed by atoms with Gasteiger partial charge >= 0.3 is 5.97 Å². The molecule has 4 nitrogen and oxygen atoms in total. The second kappa shape index (κ2) is 5.63. The van der Waals surface area contributed by atoms with Gasteiger partial charge in [-0.1, -0.05) is 28.1 Å². The maximum absolute atomic E-state index is 11.8. The van der Waals surface area contributed by atoms with Crippen LogP contribution >= 0.6 is 15.9 Å². The lowest BCUT2D eigenvalue weighted by molar-refractivity contribution is 0.0601. The number of rotatable bonds is 2. The van der Waals surface area contributed by atoms with Gasteiger partial charge in [0.15, 0.2) is 0 Å². The van der Waals surface area contributed by atoms with Gasteiger partial charge in [0.1, 0.15) is 6.07 Å². The molecule has 94 valence electrons. The Hall–Kier alpha value is -2.19. The van der Waals surface area contributed by atoms with Crippen molar-refractivity contribution in [2.24, 2.45) is 0 Å². The molecule has 1 aromatic heterocycles. The molecular weight excluding hydrogens is 308 g/mol. The molecule has 0 aliphatic heterocycles. The zero-order valence-corrected chi connectivity index (χ0v) is 11.6. The van der Waals surface area contributed by atoms with Crippen molar-refractivity contribution in [2.75, 3.05) is 7.11 Å². The van der Waals surface area contributed by atoms with E-state index in [0.29, 0.717) is 11.3 Å². The average molecular weight is 317 g/mol. The summed E-state index contributed by atoms with van der Waals surface area (Å²) in [5, 5.41) is 8.87. The van der Waals surface area contributed by atoms with Crippen molar-refractivity contribution in [3.63, 3.8) is 0 Å². The number of pyridine rings is 1. The van der Waals surface area contributed by atoms with Gasteiger partial charge in [-0.2, -0.15) is 5.26 Å². The number of methoxy groups -OCH3 is 1. The Morgan fingerprint density at radius 3 is 2.84 bits per heavy atom. The molecule has 2 aromatic rings. The van der Waals surface area contributed by atoms with Crippen LogP contribution in [-0.2, 0) is 4.74 Å². The molecular formula is C14H9BrN2O2. The number of esters is 1. The number of halogens is 1. The van der Waals surface area contributed by atoms with Crippen LogP contribution in [0, 0.1) is 11.3 Å². The van der Waals surface area contributed by atoms with E-state index >= 15 is 0 Å². The fourth-order valence-corrected chi connectivity index (χ4v) is 2.06. The third kappa shape index (κ3) is 2.80. The second-order valence-electron chi connectivity index (χ2n) is 3.73. The average Bonchev–Trinajstić information content (AvgIpc) is 2.45. The van der Waals surface area contributed by atoms with Gasteiger partial charge in [-0.3, -0.25) is 4.98 Å². The molecule has 0 aliphatic rings. The Morgan fingerprint density at radius 2 is 2.21 bits per heavy atom. The fourth-order valence-electron chi connectivity index (χ4n) is 1.66. The van der Waals surface area contributed by atoms with Crippen molar-refractivity contribution in [1.29, 1.82) is 5.26 Å². The predicted octanol–water partition coefficient (Wildman–Crippen LogP) is 3.17. The van der Waals surface area contributed by atoms with Crippen LogP contribution in [0.2, 0.25) is 0 Å². The Balaban J connectivity index is 2.63. The van der Waals surface area contributed by atoms with Crippen LogP contribution in [-0.4, -0.2) is 18.1 Å². The highest BCUT2D eigenvalue weighted by molar-refractivity contribution is 9.10. The molecule has 1 heterocycles. The van der Waals surface area contributed by atoms with E-state index in [1.165, 1.54) is 19.4 Å². The van der Waals surface area contributed by atoms with Gasteiger partial charge in [-0.25, -0.2) is 4.79 Å². The molecule has 0 unspecified atom stereocenters. The van der Waals surface area contributed by atoms with Gasteiger partial charge in [-0.05, 0) is 18.2 Å². The number of ether oxygens (including phenoxy) is 1. The number of aromatic nitrogens is 1. The number of hydrogen-bond donors (Lipinski definition) is 0. The molecule has 0 bridgehead atoms. The minimum Gasteiger partial charge on any atom is -0.465 e. The third-order valence-electron chi connectivity index (χ3n) is 2.52. The first-order chi connectivity index (χ1) is 9.15. The molecule has 0 amide bonds. The zero-order chi connectivity index (χ0) is 13.8. The molecule has 0 atom stereocenters. The molecule has 0 saturated heterocycles. The summed E-state index contributed by atoms with van der Waals surface area (Å²) in [4.78, 5) is 16.0. The molecule has 0 N–H and O–H groups in total. The van der Waals surface area contributed by atoms with Crippen molar-refractivity contribution in [3.05, 3.63) is 52.1 Å². The van der Waals surface area contributed by atoms with Gasteiger partial charge < -0.3 is 4.74 Å². The minimum atomic E-state index is -0.514. The summed E-state index contributed by atoms with van der Waals surface area (Å²) in [6.07, 6.45) is 1.43. The maximum Gasteiger partial charge on any atom is 0.340 e. The zero-order valence-electron chi connectivity index (χ0n) is 10.1. The van der Waals surface area contributed by atoms with Crippen LogP contribution in [0.4, 0.5) is 0 Å². The summed E-state index contributed by atoms with van der Waals surface area (Å²) in [6.45, 7) is 0. The van der Waals surface area contributed by atoms with E-state index in [1.54, 1.807) is 0 Å². The number of carbonyl (C=O) groups is 1. The summed E-state index contributed by atoms with van der Waals surface area (Å²) in [5.41, 5.74) is 1.87. The van der Waals surface area contributed by atoms with E-state index in [4.69, 9.17) is 10.00 Å². The third-order valence-corrected chi connectivity index (χ3v) is 3.01. The molecule has 0 spiro atoms. The van der Waals surface area contributed by atoms with Crippen LogP contribution in [0.25, 0.3) is 11.3 Å². The van der Waals surface area contributed by atoms with E-state index < -0.39 is 5.97 Å². The Labute approximate surface area is 118 Å². The first kappa shape index (κ1) is 13.2. The van der Waals surface area contributed by atoms with Crippen LogP contribution in [0.15, 0.2) is 41.0 Å². The maximum atomic E-state index is 11.8. The summed E-state index contributed by atoms with van der Waals surface area (Å²) >= 11 is 3.37. The lowest BCUT2D eigenvalue weighted by atomic mass is 10.0. The second-order valence-corrected chi connectivity index (χ2v) is 4.65. The van der Waals surface area contributed by atoms with Crippen molar-refractivity contribution in [2.45, 2.75) is 0 Å². The normalized spacial score (nSPS) is 9.74. The van der Waals surface area contributed by atoms with E-state index in [2.05, 4.69) is 20.9 Å². The smallest absolute Gasteiger partial charge is 0.340 e. The first-order valence-electron chi connectivity index (χ1n) is 5.40. The van der Waals surface area contributed by atoms with E-state index in [0.717, 1.165) is 10.0 Å². The van der Waals surface area contributed by atoms with Gasteiger partial charge in [0.2, 0.25) is 0 Å². The van der Waals surface area contributed by atoms with Crippen LogP contribution in [0.5, 0.6) is 0 Å². The molecule has 1 aromatic carbocycles. The molecule has 2 rings (SSSR count). The lowest BCUT2D eigenvalue weighted by Gasteiger charge is -2.07. The summed E-state index contributed by atoms with van der Waals surface area (Å²) in [7, 11) is 1.30. The number of nitrogens with zero attached hydrogens (tertiary/aromatic N) is 2. The van der Waals surface area contributed by atoms with Crippen LogP contribution < -0.4 is 0 Å². The Morgan fingerprint density at radius 1 is 1.42 bits per heavy atom. The van der Waals surface area contributed by atoms with Gasteiger partial charge in [0.25, 0.3) is 0 Å². The molecule has 0 aliphatic carbocycles. The first-order valence-corrected chi connectivity index (χ1v) is 6.19. The molecule has 0 fully saturated rings. The number of benzene rings is 1. The van der Waals surface area contributed by atoms with E-state index in [1.807, 2.05) is 30.3 Å². The molecule has 0 saturated carbocycles. The van der Waals surface area contributed by atoms with Crippen molar-refractivity contribution in [1.82, 2.24) is 4.98 Å². The summed E-state index contributed by atoms with van der Waals surface area (Å²) in [5.74, 6) is -0.514.